The van der Waals surface area contributed by atoms with E-state index in [0.29, 0.717) is 18.0 Å². The standard InChI is InChI=1S/C24H21NO3.C3H8.C2H6.H2/c1-4-6-8-15(3)16-9-7-10-17-18-11-12-25-14-19(21(26)5-2)22(27)13-20(25)24(18)28-23(16)17;1-3-2;1-2;/h4-10,13-14H,2,11-12H2,1,3H3;3H2,1-2H3;1-2H3;1H/b6-4-,15-8+;;;. The summed E-state index contributed by atoms with van der Waals surface area (Å²) in [6.45, 7) is 16.5. The molecule has 3 aromatic rings. The van der Waals surface area contributed by atoms with Gasteiger partial charge in [-0.25, -0.2) is 0 Å². The van der Waals surface area contributed by atoms with E-state index in [2.05, 4.69) is 39.5 Å². The van der Waals surface area contributed by atoms with Gasteiger partial charge in [-0.1, -0.05) is 77.1 Å². The minimum atomic E-state index is -0.359. The molecule has 1 aliphatic rings. The van der Waals surface area contributed by atoms with Gasteiger partial charge in [-0.3, -0.25) is 9.59 Å². The van der Waals surface area contributed by atoms with Gasteiger partial charge in [0.1, 0.15) is 5.58 Å². The molecular weight excluding hydrogens is 410 g/mol. The van der Waals surface area contributed by atoms with Crippen molar-refractivity contribution in [2.24, 2.45) is 0 Å². The lowest BCUT2D eigenvalue weighted by molar-refractivity contribution is 0.104. The predicted octanol–water partition coefficient (Wildman–Crippen LogP) is 7.85. The highest BCUT2D eigenvalue weighted by Crippen LogP contribution is 2.39. The van der Waals surface area contributed by atoms with Gasteiger partial charge in [0.15, 0.2) is 17.0 Å². The molecule has 33 heavy (non-hydrogen) atoms. The summed E-state index contributed by atoms with van der Waals surface area (Å²) in [5.74, 6) is 0.352. The first-order valence-corrected chi connectivity index (χ1v) is 11.7. The zero-order valence-electron chi connectivity index (χ0n) is 20.7. The van der Waals surface area contributed by atoms with Crippen LogP contribution in [-0.2, 0) is 13.0 Å². The molecule has 2 aromatic heterocycles. The van der Waals surface area contributed by atoms with Crippen molar-refractivity contribution in [3.05, 3.63) is 88.3 Å². The van der Waals surface area contributed by atoms with Gasteiger partial charge in [0.05, 0.1) is 11.3 Å². The van der Waals surface area contributed by atoms with Crippen LogP contribution < -0.4 is 5.43 Å². The molecule has 0 radical (unpaired) electrons. The van der Waals surface area contributed by atoms with E-state index in [-0.39, 0.29) is 18.2 Å². The molecule has 4 heteroatoms. The third-order valence-corrected chi connectivity index (χ3v) is 5.20. The number of allylic oxidation sites excluding steroid dienone is 5. The number of hydrogen-bond acceptors (Lipinski definition) is 3. The first-order valence-electron chi connectivity index (χ1n) is 11.7. The molecule has 4 rings (SSSR count). The summed E-state index contributed by atoms with van der Waals surface area (Å²) in [7, 11) is 0. The Labute approximate surface area is 198 Å². The second-order valence-corrected chi connectivity index (χ2v) is 7.62. The largest absolute Gasteiger partial charge is 0.454 e. The van der Waals surface area contributed by atoms with E-state index in [0.717, 1.165) is 34.1 Å². The Morgan fingerprint density at radius 3 is 2.58 bits per heavy atom. The van der Waals surface area contributed by atoms with Crippen molar-refractivity contribution < 1.29 is 10.6 Å². The fraction of sp³-hybridized carbons (Fsp3) is 0.310. The van der Waals surface area contributed by atoms with Crippen molar-refractivity contribution in [1.82, 2.24) is 4.57 Å². The second kappa shape index (κ2) is 12.0. The lowest BCUT2D eigenvalue weighted by Gasteiger charge is -2.18. The third kappa shape index (κ3) is 5.33. The SMILES string of the molecule is C=CC(=O)c1cn2c(cc1=O)-c1oc3c(/C(C)=C/C=C\C)cccc3c1CC2.CC.CCC.[HH]. The predicted molar refractivity (Wildman–Crippen MR) is 142 cm³/mol. The number of aryl methyl sites for hydroxylation is 2. The number of nitrogens with zero attached hydrogens (tertiary/aromatic N) is 1. The summed E-state index contributed by atoms with van der Waals surface area (Å²) in [6.07, 6.45) is 10.9. The van der Waals surface area contributed by atoms with Crippen LogP contribution in [-0.4, -0.2) is 10.4 Å². The molecule has 0 bridgehead atoms. The molecule has 0 N–H and O–H groups in total. The van der Waals surface area contributed by atoms with E-state index >= 15 is 0 Å². The number of carbonyl (C=O) groups is 1. The Bertz CT molecular complexity index is 1260. The summed E-state index contributed by atoms with van der Waals surface area (Å²) >= 11 is 0. The number of aromatic nitrogens is 1. The number of hydrogen-bond donors (Lipinski definition) is 0. The van der Waals surface area contributed by atoms with E-state index in [9.17, 15) is 9.59 Å². The highest BCUT2D eigenvalue weighted by atomic mass is 16.3. The number of carbonyl (C=O) groups excluding carboxylic acids is 1. The second-order valence-electron chi connectivity index (χ2n) is 7.62. The molecule has 0 aliphatic carbocycles. The zero-order valence-corrected chi connectivity index (χ0v) is 20.7. The molecule has 0 fully saturated rings. The number of para-hydroxylation sites is 1. The Balaban J connectivity index is 0.000000895. The van der Waals surface area contributed by atoms with Gasteiger partial charge in [-0.05, 0) is 31.9 Å². The lowest BCUT2D eigenvalue weighted by atomic mass is 9.98. The highest BCUT2D eigenvalue weighted by Gasteiger charge is 2.25. The molecule has 176 valence electrons. The Morgan fingerprint density at radius 1 is 1.24 bits per heavy atom. The number of ketones is 1. The molecule has 0 spiro atoms. The molecule has 0 saturated heterocycles. The smallest absolute Gasteiger partial charge is 0.193 e. The molecule has 0 unspecified atom stereocenters. The van der Waals surface area contributed by atoms with Crippen LogP contribution in [0.15, 0.2) is 70.6 Å². The van der Waals surface area contributed by atoms with Gasteiger partial charge in [0, 0.05) is 36.7 Å². The van der Waals surface area contributed by atoms with Crippen LogP contribution >= 0.6 is 0 Å². The van der Waals surface area contributed by atoms with Gasteiger partial charge < -0.3 is 8.98 Å². The quantitative estimate of drug-likeness (QED) is 0.232. The molecule has 0 amide bonds. The van der Waals surface area contributed by atoms with Crippen LogP contribution in [0.4, 0.5) is 0 Å². The van der Waals surface area contributed by atoms with Crippen LogP contribution in [0.1, 0.15) is 70.9 Å². The minimum Gasteiger partial charge on any atom is -0.454 e. The summed E-state index contributed by atoms with van der Waals surface area (Å²) in [5, 5.41) is 1.07. The summed E-state index contributed by atoms with van der Waals surface area (Å²) in [6, 6.07) is 7.65. The maximum Gasteiger partial charge on any atom is 0.193 e. The Hall–Kier alpha value is -3.40. The summed E-state index contributed by atoms with van der Waals surface area (Å²) in [4.78, 5) is 24.4. The van der Waals surface area contributed by atoms with E-state index < -0.39 is 0 Å². The van der Waals surface area contributed by atoms with Crippen LogP contribution in [0.2, 0.25) is 0 Å². The number of furan rings is 1. The van der Waals surface area contributed by atoms with Gasteiger partial charge >= 0.3 is 0 Å². The summed E-state index contributed by atoms with van der Waals surface area (Å²) < 4.78 is 8.22. The van der Waals surface area contributed by atoms with Gasteiger partial charge in [0.2, 0.25) is 0 Å². The van der Waals surface area contributed by atoms with Crippen LogP contribution in [0.5, 0.6) is 0 Å². The maximum absolute atomic E-state index is 12.5. The number of rotatable bonds is 4. The fourth-order valence-electron chi connectivity index (χ4n) is 3.75. The average Bonchev–Trinajstić information content (AvgIpc) is 3.22. The van der Waals surface area contributed by atoms with E-state index in [1.165, 1.54) is 18.6 Å². The number of fused-ring (bicyclic) bond motifs is 5. The van der Waals surface area contributed by atoms with Crippen molar-refractivity contribution in [1.29, 1.82) is 0 Å². The highest BCUT2D eigenvalue weighted by molar-refractivity contribution is 6.04. The molecular formula is C29H37NO3. The van der Waals surface area contributed by atoms with Gasteiger partial charge in [-0.2, -0.15) is 0 Å². The first-order chi connectivity index (χ1) is 16.0. The van der Waals surface area contributed by atoms with E-state index in [1.807, 2.05) is 49.6 Å². The lowest BCUT2D eigenvalue weighted by Crippen LogP contribution is -2.20. The fourth-order valence-corrected chi connectivity index (χ4v) is 3.75. The summed E-state index contributed by atoms with van der Waals surface area (Å²) in [5.41, 5.74) is 4.63. The van der Waals surface area contributed by atoms with Crippen LogP contribution in [0.25, 0.3) is 28.0 Å². The monoisotopic (exact) mass is 447 g/mol. The molecule has 3 heterocycles. The van der Waals surface area contributed by atoms with E-state index in [1.54, 1.807) is 6.20 Å². The normalized spacial score (nSPS) is 12.2. The Kier molecular flexibility index (Phi) is 9.41. The van der Waals surface area contributed by atoms with Crippen molar-refractivity contribution in [3.63, 3.8) is 0 Å². The number of pyridine rings is 1. The first kappa shape index (κ1) is 25.9. The van der Waals surface area contributed by atoms with Crippen molar-refractivity contribution in [3.8, 4) is 11.5 Å². The molecule has 4 nitrogen and oxygen atoms in total. The van der Waals surface area contributed by atoms with Crippen molar-refractivity contribution >= 4 is 22.3 Å². The van der Waals surface area contributed by atoms with Gasteiger partial charge in [-0.15, -0.1) is 0 Å². The van der Waals surface area contributed by atoms with Gasteiger partial charge in [0.25, 0.3) is 0 Å². The Morgan fingerprint density at radius 2 is 1.94 bits per heavy atom. The van der Waals surface area contributed by atoms with Crippen LogP contribution in [0.3, 0.4) is 0 Å². The maximum atomic E-state index is 12.5. The minimum absolute atomic E-state index is 0. The topological polar surface area (TPSA) is 52.2 Å². The van der Waals surface area contributed by atoms with Crippen molar-refractivity contribution in [2.75, 3.05) is 0 Å². The number of benzene rings is 1. The van der Waals surface area contributed by atoms with E-state index in [4.69, 9.17) is 4.42 Å². The zero-order chi connectivity index (χ0) is 24.5. The molecule has 0 saturated carbocycles. The average molecular weight is 448 g/mol. The molecule has 1 aromatic carbocycles. The third-order valence-electron chi connectivity index (χ3n) is 5.20. The van der Waals surface area contributed by atoms with Crippen LogP contribution in [0, 0.1) is 0 Å². The van der Waals surface area contributed by atoms with Crippen molar-refractivity contribution in [2.45, 2.75) is 60.9 Å². The molecule has 0 atom stereocenters. The molecule has 1 aliphatic heterocycles.